The van der Waals surface area contributed by atoms with Crippen molar-refractivity contribution >= 4 is 17.7 Å². The van der Waals surface area contributed by atoms with Gasteiger partial charge in [0.1, 0.15) is 0 Å². The number of rotatable bonds is 5. The molecule has 1 aliphatic rings. The summed E-state index contributed by atoms with van der Waals surface area (Å²) < 4.78 is 7.21. The number of ether oxygens (including phenoxy) is 1. The van der Waals surface area contributed by atoms with Gasteiger partial charge < -0.3 is 14.7 Å². The Morgan fingerprint density at radius 1 is 1.67 bits per heavy atom. The van der Waals surface area contributed by atoms with Crippen LogP contribution in [0.4, 0.5) is 0 Å². The van der Waals surface area contributed by atoms with E-state index in [0.29, 0.717) is 18.3 Å². The van der Waals surface area contributed by atoms with Crippen molar-refractivity contribution in [2.45, 2.75) is 17.8 Å². The Bertz CT molecular complexity index is 413. The van der Waals surface area contributed by atoms with Crippen LogP contribution < -0.4 is 0 Å². The number of nitrogens with zero attached hydrogens (tertiary/aromatic N) is 5. The van der Waals surface area contributed by atoms with Gasteiger partial charge in [0.2, 0.25) is 5.16 Å². The molecular weight excluding hydrogens is 258 g/mol. The van der Waals surface area contributed by atoms with Crippen molar-refractivity contribution in [3.05, 3.63) is 0 Å². The smallest absolute Gasteiger partial charge is 0.313 e. The van der Waals surface area contributed by atoms with E-state index in [-0.39, 0.29) is 11.9 Å². The molecule has 0 aromatic carbocycles. The summed E-state index contributed by atoms with van der Waals surface area (Å²) in [6.45, 7) is 2.98. The maximum atomic E-state index is 10.5. The fraction of sp³-hybridized carbons (Fsp3) is 0.778. The molecule has 100 valence electrons. The zero-order valence-electron chi connectivity index (χ0n) is 10.0. The Hall–Kier alpha value is -1.19. The zero-order chi connectivity index (χ0) is 13.0. The fourth-order valence-electron chi connectivity index (χ4n) is 1.71. The quantitative estimate of drug-likeness (QED) is 0.696. The molecule has 1 aliphatic heterocycles. The van der Waals surface area contributed by atoms with Crippen LogP contribution in [-0.2, 0) is 16.1 Å². The highest BCUT2D eigenvalue weighted by atomic mass is 32.2. The average molecular weight is 273 g/mol. The first-order chi connectivity index (χ1) is 8.65. The second-order valence-corrected chi connectivity index (χ2v) is 5.02. The molecule has 1 fully saturated rings. The molecule has 8 nitrogen and oxygen atoms in total. The third-order valence-electron chi connectivity index (χ3n) is 2.54. The summed E-state index contributed by atoms with van der Waals surface area (Å²) in [6, 6.07) is 0. The van der Waals surface area contributed by atoms with Crippen LogP contribution >= 0.6 is 11.8 Å². The lowest BCUT2D eigenvalue weighted by atomic mass is 10.3. The lowest BCUT2D eigenvalue weighted by Gasteiger charge is -2.29. The SMILES string of the molecule is CN1CCOC(Cn2nnnc2SCC(=O)O)C1. The molecule has 2 heterocycles. The summed E-state index contributed by atoms with van der Waals surface area (Å²) in [5.41, 5.74) is 0. The van der Waals surface area contributed by atoms with Crippen molar-refractivity contribution in [1.29, 1.82) is 0 Å². The number of likely N-dealkylation sites (N-methyl/N-ethyl adjacent to an activating group) is 1. The van der Waals surface area contributed by atoms with Crippen molar-refractivity contribution in [2.24, 2.45) is 0 Å². The van der Waals surface area contributed by atoms with Gasteiger partial charge in [0.25, 0.3) is 0 Å². The third-order valence-corrected chi connectivity index (χ3v) is 3.48. The largest absolute Gasteiger partial charge is 0.481 e. The maximum Gasteiger partial charge on any atom is 0.313 e. The summed E-state index contributed by atoms with van der Waals surface area (Å²) >= 11 is 1.11. The highest BCUT2D eigenvalue weighted by molar-refractivity contribution is 7.99. The number of morpholine rings is 1. The molecule has 9 heteroatoms. The molecule has 18 heavy (non-hydrogen) atoms. The first-order valence-corrected chi connectivity index (χ1v) is 6.54. The Kier molecular flexibility index (Phi) is 4.50. The normalized spacial score (nSPS) is 21.1. The highest BCUT2D eigenvalue weighted by Crippen LogP contribution is 2.14. The third kappa shape index (κ3) is 3.65. The van der Waals surface area contributed by atoms with Crippen LogP contribution in [0.15, 0.2) is 5.16 Å². The van der Waals surface area contributed by atoms with Crippen molar-refractivity contribution < 1.29 is 14.6 Å². The van der Waals surface area contributed by atoms with E-state index >= 15 is 0 Å². The van der Waals surface area contributed by atoms with E-state index in [9.17, 15) is 4.79 Å². The van der Waals surface area contributed by atoms with Gasteiger partial charge >= 0.3 is 5.97 Å². The zero-order valence-corrected chi connectivity index (χ0v) is 10.8. The maximum absolute atomic E-state index is 10.5. The van der Waals surface area contributed by atoms with Gasteiger partial charge in [-0.05, 0) is 17.5 Å². The van der Waals surface area contributed by atoms with E-state index in [4.69, 9.17) is 9.84 Å². The molecule has 1 N–H and O–H groups in total. The lowest BCUT2D eigenvalue weighted by molar-refractivity contribution is -0.133. The van der Waals surface area contributed by atoms with Crippen molar-refractivity contribution in [2.75, 3.05) is 32.5 Å². The summed E-state index contributed by atoms with van der Waals surface area (Å²) in [7, 11) is 2.04. The van der Waals surface area contributed by atoms with E-state index in [2.05, 4.69) is 20.4 Å². The first-order valence-electron chi connectivity index (χ1n) is 5.56. The molecule has 1 aromatic rings. The van der Waals surface area contributed by atoms with E-state index in [1.807, 2.05) is 7.05 Å². The lowest BCUT2D eigenvalue weighted by Crippen LogP contribution is -2.42. The fourth-order valence-corrected chi connectivity index (χ4v) is 2.32. The molecule has 0 radical (unpaired) electrons. The number of carbonyl (C=O) groups is 1. The van der Waals surface area contributed by atoms with Crippen LogP contribution in [0, 0.1) is 0 Å². The van der Waals surface area contributed by atoms with Gasteiger partial charge in [-0.1, -0.05) is 11.8 Å². The summed E-state index contributed by atoms with van der Waals surface area (Å²) in [5.74, 6) is -0.936. The Morgan fingerprint density at radius 3 is 3.22 bits per heavy atom. The van der Waals surface area contributed by atoms with E-state index < -0.39 is 5.97 Å². The standard InChI is InChI=1S/C9H15N5O3S/c1-13-2-3-17-7(4-13)5-14-9(10-11-12-14)18-6-8(15)16/h7H,2-6H2,1H3,(H,15,16). The molecule has 1 aromatic heterocycles. The van der Waals surface area contributed by atoms with Gasteiger partial charge in [0.05, 0.1) is 25.0 Å². The van der Waals surface area contributed by atoms with E-state index in [1.54, 1.807) is 4.68 Å². The average Bonchev–Trinajstić information content (AvgIpc) is 2.74. The predicted molar refractivity (Wildman–Crippen MR) is 63.4 cm³/mol. The minimum absolute atomic E-state index is 0.0384. The van der Waals surface area contributed by atoms with Crippen LogP contribution in [0.5, 0.6) is 0 Å². The molecule has 0 aliphatic carbocycles. The number of tetrazole rings is 1. The molecular formula is C9H15N5O3S. The predicted octanol–water partition coefficient (Wildman–Crippen LogP) is -0.820. The number of hydrogen-bond acceptors (Lipinski definition) is 7. The molecule has 0 amide bonds. The first kappa shape index (κ1) is 13.2. The highest BCUT2D eigenvalue weighted by Gasteiger charge is 2.20. The van der Waals surface area contributed by atoms with Crippen LogP contribution in [0.25, 0.3) is 0 Å². The summed E-state index contributed by atoms with van der Waals surface area (Å²) in [6.07, 6.45) is 0.0384. The minimum Gasteiger partial charge on any atom is -0.481 e. The minimum atomic E-state index is -0.886. The van der Waals surface area contributed by atoms with Gasteiger partial charge in [-0.3, -0.25) is 4.79 Å². The second-order valence-electron chi connectivity index (χ2n) is 4.08. The molecule has 2 rings (SSSR count). The number of carboxylic acid groups (broad SMARTS) is 1. The molecule has 0 bridgehead atoms. The number of aromatic nitrogens is 4. The molecule has 0 saturated carbocycles. The van der Waals surface area contributed by atoms with Crippen molar-refractivity contribution in [3.63, 3.8) is 0 Å². The number of aliphatic carboxylic acids is 1. The Balaban J connectivity index is 1.92. The van der Waals surface area contributed by atoms with Crippen LogP contribution in [0.1, 0.15) is 0 Å². The molecule has 1 atom stereocenters. The van der Waals surface area contributed by atoms with Crippen LogP contribution in [0.3, 0.4) is 0 Å². The van der Waals surface area contributed by atoms with Crippen molar-refractivity contribution in [3.8, 4) is 0 Å². The Labute approximate surface area is 108 Å². The van der Waals surface area contributed by atoms with Gasteiger partial charge in [-0.2, -0.15) is 0 Å². The van der Waals surface area contributed by atoms with E-state index in [0.717, 1.165) is 24.9 Å². The van der Waals surface area contributed by atoms with Crippen LogP contribution in [0.2, 0.25) is 0 Å². The topological polar surface area (TPSA) is 93.4 Å². The second kappa shape index (κ2) is 6.12. The number of hydrogen-bond donors (Lipinski definition) is 1. The number of thioether (sulfide) groups is 1. The van der Waals surface area contributed by atoms with Gasteiger partial charge in [-0.25, -0.2) is 4.68 Å². The van der Waals surface area contributed by atoms with Gasteiger partial charge in [0.15, 0.2) is 0 Å². The monoisotopic (exact) mass is 273 g/mol. The van der Waals surface area contributed by atoms with Gasteiger partial charge in [0, 0.05) is 13.1 Å². The van der Waals surface area contributed by atoms with Crippen LogP contribution in [-0.4, -0.2) is 74.8 Å². The molecule has 0 spiro atoms. The van der Waals surface area contributed by atoms with E-state index in [1.165, 1.54) is 0 Å². The van der Waals surface area contributed by atoms with Crippen molar-refractivity contribution in [1.82, 2.24) is 25.1 Å². The number of carboxylic acids is 1. The summed E-state index contributed by atoms with van der Waals surface area (Å²) in [4.78, 5) is 12.7. The molecule has 1 unspecified atom stereocenters. The Morgan fingerprint density at radius 2 is 2.50 bits per heavy atom. The summed E-state index contributed by atoms with van der Waals surface area (Å²) in [5, 5.41) is 20.4. The van der Waals surface area contributed by atoms with Gasteiger partial charge in [-0.15, -0.1) is 5.10 Å². The molecule has 1 saturated heterocycles.